The summed E-state index contributed by atoms with van der Waals surface area (Å²) in [5, 5.41) is 27.1. The van der Waals surface area contributed by atoms with Crippen molar-refractivity contribution in [2.75, 3.05) is 24.1 Å². The lowest BCUT2D eigenvalue weighted by atomic mass is 9.87. The number of nitrogens with two attached hydrogens (primary N) is 1. The molecule has 4 unspecified atom stereocenters. The Morgan fingerprint density at radius 3 is 2.74 bits per heavy atom. The van der Waals surface area contributed by atoms with Crippen LogP contribution in [0.1, 0.15) is 57.9 Å². The van der Waals surface area contributed by atoms with Crippen LogP contribution in [-0.4, -0.2) is 60.9 Å². The zero-order valence-corrected chi connectivity index (χ0v) is 18.0. The van der Waals surface area contributed by atoms with E-state index >= 15 is 0 Å². The van der Waals surface area contributed by atoms with Gasteiger partial charge in [0.2, 0.25) is 11.9 Å². The number of aliphatic hydroxyl groups is 2. The quantitative estimate of drug-likeness (QED) is 0.439. The summed E-state index contributed by atoms with van der Waals surface area (Å²) >= 11 is 0. The molecular weight excluding hydrogens is 398 g/mol. The summed E-state index contributed by atoms with van der Waals surface area (Å²) in [6.07, 6.45) is 7.17. The largest absolute Gasteiger partial charge is 0.390 e. The first kappa shape index (κ1) is 21.8. The van der Waals surface area contributed by atoms with E-state index in [1.54, 1.807) is 10.9 Å². The van der Waals surface area contributed by atoms with Crippen LogP contribution in [-0.2, 0) is 4.79 Å². The van der Waals surface area contributed by atoms with E-state index in [-0.39, 0.29) is 18.1 Å². The van der Waals surface area contributed by atoms with E-state index in [4.69, 9.17) is 5.73 Å². The standard InChI is InChI=1S/C21H33N7O3/c1-2-23-20(31)13-10-14(17(30)16(13)29)28-11-25-15-18(22)26-21(27-19(15)28)24-9-8-12-6-4-3-5-7-12/h11-14,16-17,29-30H,2-10H2,1H3,(H,23,31)(H3,22,24,26,27). The van der Waals surface area contributed by atoms with E-state index < -0.39 is 24.2 Å². The van der Waals surface area contributed by atoms with Crippen LogP contribution in [0.4, 0.5) is 11.8 Å². The molecule has 2 fully saturated rings. The fourth-order valence-electron chi connectivity index (χ4n) is 4.97. The molecule has 6 N–H and O–H groups in total. The first-order valence-corrected chi connectivity index (χ1v) is 11.4. The average Bonchev–Trinajstić information content (AvgIpc) is 3.31. The molecular formula is C21H33N7O3. The highest BCUT2D eigenvalue weighted by Crippen LogP contribution is 2.37. The van der Waals surface area contributed by atoms with Crippen molar-refractivity contribution in [1.82, 2.24) is 24.8 Å². The number of nitrogens with one attached hydrogen (secondary N) is 2. The second-order valence-corrected chi connectivity index (χ2v) is 8.76. The summed E-state index contributed by atoms with van der Waals surface area (Å²) in [6.45, 7) is 3.06. The molecule has 31 heavy (non-hydrogen) atoms. The van der Waals surface area contributed by atoms with Crippen LogP contribution >= 0.6 is 0 Å². The lowest BCUT2D eigenvalue weighted by Crippen LogP contribution is -2.38. The maximum atomic E-state index is 12.3. The SMILES string of the molecule is CCNC(=O)C1CC(n2cnc3c(N)nc(NCCC4CCCCC4)nc32)C(O)C1O. The third-order valence-corrected chi connectivity index (χ3v) is 6.71. The van der Waals surface area contributed by atoms with Gasteiger partial charge in [0.15, 0.2) is 11.5 Å². The molecule has 2 aromatic rings. The number of nitrogens with zero attached hydrogens (tertiary/aromatic N) is 4. The van der Waals surface area contributed by atoms with Crippen molar-refractivity contribution in [3.63, 3.8) is 0 Å². The molecule has 4 atom stereocenters. The molecule has 0 aliphatic heterocycles. The van der Waals surface area contributed by atoms with Gasteiger partial charge in [-0.05, 0) is 25.7 Å². The van der Waals surface area contributed by atoms with Crippen LogP contribution in [0.25, 0.3) is 11.2 Å². The van der Waals surface area contributed by atoms with Gasteiger partial charge in [0, 0.05) is 13.1 Å². The van der Waals surface area contributed by atoms with Crippen molar-refractivity contribution in [2.24, 2.45) is 11.8 Å². The number of imidazole rings is 1. The summed E-state index contributed by atoms with van der Waals surface area (Å²) < 4.78 is 1.70. The van der Waals surface area contributed by atoms with E-state index in [1.807, 2.05) is 6.92 Å². The Labute approximate surface area is 181 Å². The van der Waals surface area contributed by atoms with Crippen LogP contribution in [0, 0.1) is 11.8 Å². The highest BCUT2D eigenvalue weighted by molar-refractivity contribution is 5.83. The predicted molar refractivity (Wildman–Crippen MR) is 117 cm³/mol. The third-order valence-electron chi connectivity index (χ3n) is 6.71. The first-order valence-electron chi connectivity index (χ1n) is 11.4. The summed E-state index contributed by atoms with van der Waals surface area (Å²) in [5.74, 6) is 0.479. The second-order valence-electron chi connectivity index (χ2n) is 8.76. The van der Waals surface area contributed by atoms with Crippen LogP contribution in [0.3, 0.4) is 0 Å². The van der Waals surface area contributed by atoms with Gasteiger partial charge in [0.25, 0.3) is 0 Å². The van der Waals surface area contributed by atoms with Gasteiger partial charge in [-0.15, -0.1) is 0 Å². The van der Waals surface area contributed by atoms with Crippen LogP contribution in [0.15, 0.2) is 6.33 Å². The Balaban J connectivity index is 1.51. The third kappa shape index (κ3) is 4.45. The highest BCUT2D eigenvalue weighted by Gasteiger charge is 2.46. The van der Waals surface area contributed by atoms with Gasteiger partial charge in [0.05, 0.1) is 24.4 Å². The van der Waals surface area contributed by atoms with E-state index in [0.29, 0.717) is 23.7 Å². The van der Waals surface area contributed by atoms with Gasteiger partial charge in [-0.2, -0.15) is 9.97 Å². The molecule has 2 aromatic heterocycles. The van der Waals surface area contributed by atoms with Crippen molar-refractivity contribution in [3.05, 3.63) is 6.33 Å². The number of amides is 1. The summed E-state index contributed by atoms with van der Waals surface area (Å²) in [7, 11) is 0. The maximum absolute atomic E-state index is 12.3. The van der Waals surface area contributed by atoms with Gasteiger partial charge < -0.3 is 31.1 Å². The Morgan fingerprint density at radius 2 is 2.00 bits per heavy atom. The lowest BCUT2D eigenvalue weighted by molar-refractivity contribution is -0.128. The van der Waals surface area contributed by atoms with Crippen molar-refractivity contribution in [3.8, 4) is 0 Å². The Bertz CT molecular complexity index is 912. The molecule has 0 aromatic carbocycles. The van der Waals surface area contributed by atoms with E-state index in [2.05, 4.69) is 25.6 Å². The average molecular weight is 432 g/mol. The number of fused-ring (bicyclic) bond motifs is 1. The van der Waals surface area contributed by atoms with E-state index in [1.165, 1.54) is 32.1 Å². The minimum Gasteiger partial charge on any atom is -0.390 e. The van der Waals surface area contributed by atoms with Crippen molar-refractivity contribution in [2.45, 2.75) is 70.1 Å². The Hall–Kier alpha value is -2.46. The van der Waals surface area contributed by atoms with Gasteiger partial charge >= 0.3 is 0 Å². The van der Waals surface area contributed by atoms with Gasteiger partial charge in [-0.3, -0.25) is 4.79 Å². The molecule has 0 saturated heterocycles. The van der Waals surface area contributed by atoms with Crippen LogP contribution < -0.4 is 16.4 Å². The second kappa shape index (κ2) is 9.35. The summed E-state index contributed by atoms with van der Waals surface area (Å²) in [6, 6.07) is -0.531. The van der Waals surface area contributed by atoms with Crippen molar-refractivity contribution >= 4 is 28.8 Å². The number of carbonyl (C=O) groups excluding carboxylic acids is 1. The Morgan fingerprint density at radius 1 is 1.23 bits per heavy atom. The number of aromatic nitrogens is 4. The van der Waals surface area contributed by atoms with Gasteiger partial charge in [0.1, 0.15) is 11.6 Å². The molecule has 2 saturated carbocycles. The summed E-state index contributed by atoms with van der Waals surface area (Å²) in [5.41, 5.74) is 7.05. The Kier molecular flexibility index (Phi) is 6.57. The van der Waals surface area contributed by atoms with Crippen LogP contribution in [0.5, 0.6) is 0 Å². The molecule has 2 aliphatic carbocycles. The van der Waals surface area contributed by atoms with Crippen molar-refractivity contribution < 1.29 is 15.0 Å². The predicted octanol–water partition coefficient (Wildman–Crippen LogP) is 1.21. The molecule has 4 rings (SSSR count). The van der Waals surface area contributed by atoms with Crippen molar-refractivity contribution in [1.29, 1.82) is 0 Å². The molecule has 0 spiro atoms. The molecule has 170 valence electrons. The molecule has 0 radical (unpaired) electrons. The smallest absolute Gasteiger partial charge is 0.226 e. The first-order chi connectivity index (χ1) is 15.0. The van der Waals surface area contributed by atoms with Crippen LogP contribution in [0.2, 0.25) is 0 Å². The fourth-order valence-corrected chi connectivity index (χ4v) is 4.97. The maximum Gasteiger partial charge on any atom is 0.226 e. The molecule has 10 heteroatoms. The number of rotatable bonds is 7. The number of hydrogen-bond donors (Lipinski definition) is 5. The zero-order chi connectivity index (χ0) is 22.0. The number of aliphatic hydroxyl groups excluding tert-OH is 2. The molecule has 1 amide bonds. The molecule has 10 nitrogen and oxygen atoms in total. The molecule has 2 heterocycles. The molecule has 0 bridgehead atoms. The number of anilines is 2. The highest BCUT2D eigenvalue weighted by atomic mass is 16.3. The molecule has 2 aliphatic rings. The topological polar surface area (TPSA) is 151 Å². The zero-order valence-electron chi connectivity index (χ0n) is 18.0. The number of carbonyl (C=O) groups is 1. The monoisotopic (exact) mass is 431 g/mol. The van der Waals surface area contributed by atoms with E-state index in [0.717, 1.165) is 18.9 Å². The minimum absolute atomic E-state index is 0.261. The number of nitrogen functional groups attached to an aromatic ring is 1. The fraction of sp³-hybridized carbons (Fsp3) is 0.714. The normalized spacial score (nSPS) is 26.9. The lowest BCUT2D eigenvalue weighted by Gasteiger charge is -2.21. The minimum atomic E-state index is -1.15. The summed E-state index contributed by atoms with van der Waals surface area (Å²) in [4.78, 5) is 25.5. The van der Waals surface area contributed by atoms with Gasteiger partial charge in [-0.25, -0.2) is 4.98 Å². The van der Waals surface area contributed by atoms with Gasteiger partial charge in [-0.1, -0.05) is 32.1 Å². The number of hydrogen-bond acceptors (Lipinski definition) is 8. The van der Waals surface area contributed by atoms with E-state index in [9.17, 15) is 15.0 Å².